The van der Waals surface area contributed by atoms with Crippen molar-refractivity contribution in [1.82, 2.24) is 9.80 Å². The number of rotatable bonds is 6. The van der Waals surface area contributed by atoms with Gasteiger partial charge in [-0.3, -0.25) is 9.69 Å². The minimum absolute atomic E-state index is 0.0580. The molecule has 2 rings (SSSR count). The first-order valence-corrected chi connectivity index (χ1v) is 8.18. The second-order valence-electron chi connectivity index (χ2n) is 7.21. The van der Waals surface area contributed by atoms with Gasteiger partial charge >= 0.3 is 0 Å². The van der Waals surface area contributed by atoms with Crippen molar-refractivity contribution in [3.63, 3.8) is 0 Å². The third-order valence-electron chi connectivity index (χ3n) is 4.34. The third-order valence-corrected chi connectivity index (χ3v) is 4.34. The summed E-state index contributed by atoms with van der Waals surface area (Å²) in [6.07, 6.45) is 2.57. The van der Waals surface area contributed by atoms with E-state index in [1.165, 1.54) is 31.5 Å². The van der Waals surface area contributed by atoms with Crippen LogP contribution in [-0.2, 0) is 6.54 Å². The maximum Gasteiger partial charge on any atom is 0.253 e. The van der Waals surface area contributed by atoms with Crippen LogP contribution in [0.15, 0.2) is 24.3 Å². The van der Waals surface area contributed by atoms with Gasteiger partial charge in [-0.05, 0) is 55.6 Å². The predicted octanol–water partition coefficient (Wildman–Crippen LogP) is 2.34. The molecule has 0 aliphatic carbocycles. The monoisotopic (exact) mass is 303 g/mol. The number of hydrogen-bond acceptors (Lipinski definition) is 3. The van der Waals surface area contributed by atoms with Gasteiger partial charge in [0.1, 0.15) is 0 Å². The lowest BCUT2D eigenvalue weighted by atomic mass is 9.93. The number of nitrogens with two attached hydrogens (primary N) is 1. The molecule has 1 aliphatic heterocycles. The fourth-order valence-electron chi connectivity index (χ4n) is 3.00. The quantitative estimate of drug-likeness (QED) is 0.877. The van der Waals surface area contributed by atoms with Crippen molar-refractivity contribution in [2.24, 2.45) is 11.1 Å². The Bertz CT molecular complexity index is 507. The van der Waals surface area contributed by atoms with Crippen LogP contribution in [0.3, 0.4) is 0 Å². The highest BCUT2D eigenvalue weighted by atomic mass is 16.2. The van der Waals surface area contributed by atoms with E-state index in [9.17, 15) is 4.79 Å². The van der Waals surface area contributed by atoms with Crippen LogP contribution in [0.25, 0.3) is 0 Å². The Morgan fingerprint density at radius 1 is 1.32 bits per heavy atom. The molecule has 0 aromatic heterocycles. The predicted molar refractivity (Wildman–Crippen MR) is 90.7 cm³/mol. The fourth-order valence-corrected chi connectivity index (χ4v) is 3.00. The molecule has 1 aliphatic rings. The van der Waals surface area contributed by atoms with Crippen molar-refractivity contribution < 1.29 is 4.79 Å². The standard InChI is InChI=1S/C18H29N3O/c1-18(2,13-19)14-20(3)17(22)16-8-6-7-15(11-16)12-21-9-4-5-10-21/h6-8,11H,4-5,9-10,12-14,19H2,1-3H3. The van der Waals surface area contributed by atoms with Gasteiger partial charge in [-0.25, -0.2) is 0 Å². The minimum Gasteiger partial charge on any atom is -0.341 e. The van der Waals surface area contributed by atoms with Crippen LogP contribution < -0.4 is 5.73 Å². The second kappa shape index (κ2) is 7.25. The van der Waals surface area contributed by atoms with E-state index in [0.29, 0.717) is 13.1 Å². The third kappa shape index (κ3) is 4.55. The molecule has 1 amide bonds. The van der Waals surface area contributed by atoms with Gasteiger partial charge in [-0.1, -0.05) is 26.0 Å². The van der Waals surface area contributed by atoms with Gasteiger partial charge in [0.15, 0.2) is 0 Å². The van der Waals surface area contributed by atoms with Gasteiger partial charge in [0, 0.05) is 25.7 Å². The summed E-state index contributed by atoms with van der Waals surface area (Å²) >= 11 is 0. The van der Waals surface area contributed by atoms with Gasteiger partial charge in [-0.2, -0.15) is 0 Å². The lowest BCUT2D eigenvalue weighted by Gasteiger charge is -2.29. The average molecular weight is 303 g/mol. The average Bonchev–Trinajstić information content (AvgIpc) is 2.99. The normalized spacial score (nSPS) is 16.0. The molecule has 1 aromatic rings. The molecule has 1 heterocycles. The number of nitrogens with zero attached hydrogens (tertiary/aromatic N) is 2. The molecule has 0 unspecified atom stereocenters. The van der Waals surface area contributed by atoms with E-state index in [0.717, 1.165) is 12.1 Å². The molecular weight excluding hydrogens is 274 g/mol. The lowest BCUT2D eigenvalue weighted by molar-refractivity contribution is 0.0740. The zero-order valence-corrected chi connectivity index (χ0v) is 14.1. The number of carbonyl (C=O) groups is 1. The second-order valence-corrected chi connectivity index (χ2v) is 7.21. The van der Waals surface area contributed by atoms with Crippen molar-refractivity contribution in [2.75, 3.05) is 33.2 Å². The van der Waals surface area contributed by atoms with Crippen molar-refractivity contribution in [1.29, 1.82) is 0 Å². The van der Waals surface area contributed by atoms with Crippen molar-refractivity contribution >= 4 is 5.91 Å². The molecule has 0 atom stereocenters. The van der Waals surface area contributed by atoms with Crippen LogP contribution in [-0.4, -0.2) is 48.9 Å². The highest BCUT2D eigenvalue weighted by molar-refractivity contribution is 5.94. The van der Waals surface area contributed by atoms with Gasteiger partial charge < -0.3 is 10.6 Å². The smallest absolute Gasteiger partial charge is 0.253 e. The highest BCUT2D eigenvalue weighted by Gasteiger charge is 2.22. The van der Waals surface area contributed by atoms with E-state index < -0.39 is 0 Å². The fraction of sp³-hybridized carbons (Fsp3) is 0.611. The van der Waals surface area contributed by atoms with Crippen LogP contribution in [0.5, 0.6) is 0 Å². The molecule has 1 saturated heterocycles. The van der Waals surface area contributed by atoms with E-state index in [2.05, 4.69) is 24.8 Å². The number of benzene rings is 1. The molecular formula is C18H29N3O. The first kappa shape index (κ1) is 17.0. The summed E-state index contributed by atoms with van der Waals surface area (Å²) in [5.41, 5.74) is 7.70. The van der Waals surface area contributed by atoms with Crippen molar-refractivity contribution in [3.8, 4) is 0 Å². The number of amides is 1. The zero-order valence-electron chi connectivity index (χ0n) is 14.1. The molecule has 1 aromatic carbocycles. The molecule has 0 spiro atoms. The summed E-state index contributed by atoms with van der Waals surface area (Å²) in [5, 5.41) is 0. The Kier molecular flexibility index (Phi) is 5.59. The maximum atomic E-state index is 12.6. The summed E-state index contributed by atoms with van der Waals surface area (Å²) in [4.78, 5) is 16.8. The molecule has 0 bridgehead atoms. The van der Waals surface area contributed by atoms with Gasteiger partial charge in [0.25, 0.3) is 5.91 Å². The molecule has 122 valence electrons. The van der Waals surface area contributed by atoms with Crippen molar-refractivity contribution in [2.45, 2.75) is 33.2 Å². The maximum absolute atomic E-state index is 12.6. The SMILES string of the molecule is CN(CC(C)(C)CN)C(=O)c1cccc(CN2CCCC2)c1. The molecule has 4 heteroatoms. The topological polar surface area (TPSA) is 49.6 Å². The van der Waals surface area contributed by atoms with E-state index in [4.69, 9.17) is 5.73 Å². The number of likely N-dealkylation sites (tertiary alicyclic amines) is 1. The zero-order chi connectivity index (χ0) is 16.2. The summed E-state index contributed by atoms with van der Waals surface area (Å²) in [5.74, 6) is 0.0739. The molecule has 0 saturated carbocycles. The largest absolute Gasteiger partial charge is 0.341 e. The first-order chi connectivity index (χ1) is 10.4. The number of carbonyl (C=O) groups excluding carboxylic acids is 1. The molecule has 22 heavy (non-hydrogen) atoms. The Labute approximate surface area is 134 Å². The van der Waals surface area contributed by atoms with E-state index in [1.54, 1.807) is 4.90 Å². The van der Waals surface area contributed by atoms with Crippen LogP contribution in [0, 0.1) is 5.41 Å². The van der Waals surface area contributed by atoms with Crippen LogP contribution >= 0.6 is 0 Å². The molecule has 0 radical (unpaired) electrons. The van der Waals surface area contributed by atoms with Gasteiger partial charge in [0.2, 0.25) is 0 Å². The molecule has 1 fully saturated rings. The highest BCUT2D eigenvalue weighted by Crippen LogP contribution is 2.17. The molecule has 2 N–H and O–H groups in total. The van der Waals surface area contributed by atoms with Crippen LogP contribution in [0.2, 0.25) is 0 Å². The summed E-state index contributed by atoms with van der Waals surface area (Å²) < 4.78 is 0. The Balaban J connectivity index is 2.02. The Hall–Kier alpha value is -1.39. The minimum atomic E-state index is -0.0580. The van der Waals surface area contributed by atoms with Gasteiger partial charge in [-0.15, -0.1) is 0 Å². The first-order valence-electron chi connectivity index (χ1n) is 8.18. The Morgan fingerprint density at radius 3 is 2.64 bits per heavy atom. The summed E-state index contributed by atoms with van der Waals surface area (Å²) in [6.45, 7) is 8.68. The van der Waals surface area contributed by atoms with E-state index in [1.807, 2.05) is 25.2 Å². The molecule has 4 nitrogen and oxygen atoms in total. The number of hydrogen-bond donors (Lipinski definition) is 1. The van der Waals surface area contributed by atoms with Gasteiger partial charge in [0.05, 0.1) is 0 Å². The summed E-state index contributed by atoms with van der Waals surface area (Å²) in [6, 6.07) is 8.04. The van der Waals surface area contributed by atoms with E-state index >= 15 is 0 Å². The van der Waals surface area contributed by atoms with Crippen LogP contribution in [0.1, 0.15) is 42.6 Å². The van der Waals surface area contributed by atoms with Crippen molar-refractivity contribution in [3.05, 3.63) is 35.4 Å². The summed E-state index contributed by atoms with van der Waals surface area (Å²) in [7, 11) is 1.85. The lowest BCUT2D eigenvalue weighted by Crippen LogP contribution is -2.39. The van der Waals surface area contributed by atoms with Crippen LogP contribution in [0.4, 0.5) is 0 Å². The van der Waals surface area contributed by atoms with E-state index in [-0.39, 0.29) is 11.3 Å². The Morgan fingerprint density at radius 2 is 2.00 bits per heavy atom.